The van der Waals surface area contributed by atoms with Crippen molar-refractivity contribution in [3.63, 3.8) is 0 Å². The van der Waals surface area contributed by atoms with Crippen molar-refractivity contribution < 1.29 is 9.53 Å². The fourth-order valence-corrected chi connectivity index (χ4v) is 3.30. The minimum atomic E-state index is 0.0643. The molecule has 0 unspecified atom stereocenters. The first-order chi connectivity index (χ1) is 9.22. The van der Waals surface area contributed by atoms with Gasteiger partial charge in [0.25, 0.3) is 5.91 Å². The first-order valence-corrected chi connectivity index (χ1v) is 7.75. The summed E-state index contributed by atoms with van der Waals surface area (Å²) in [6.07, 6.45) is 0.918. The van der Waals surface area contributed by atoms with Crippen LogP contribution in [0.25, 0.3) is 0 Å². The molecule has 1 saturated heterocycles. The van der Waals surface area contributed by atoms with E-state index in [2.05, 4.69) is 24.1 Å². The Balaban J connectivity index is 1.80. The minimum absolute atomic E-state index is 0.0643. The van der Waals surface area contributed by atoms with Crippen molar-refractivity contribution in [2.24, 2.45) is 0 Å². The van der Waals surface area contributed by atoms with E-state index >= 15 is 0 Å². The topological polar surface area (TPSA) is 41.6 Å². The van der Waals surface area contributed by atoms with E-state index < -0.39 is 0 Å². The molecule has 0 aromatic carbocycles. The van der Waals surface area contributed by atoms with Crippen LogP contribution in [0.1, 0.15) is 27.7 Å². The maximum atomic E-state index is 12.1. The molecule has 1 N–H and O–H groups in total. The first kappa shape index (κ1) is 14.5. The molecule has 1 fully saturated rings. The van der Waals surface area contributed by atoms with E-state index in [0.717, 1.165) is 44.8 Å². The summed E-state index contributed by atoms with van der Waals surface area (Å²) in [5.74, 6) is 0.0643. The number of carbonyl (C=O) groups excluding carboxylic acids is 1. The number of rotatable bonds is 5. The molecule has 19 heavy (non-hydrogen) atoms. The van der Waals surface area contributed by atoms with Crippen LogP contribution in [0.4, 0.5) is 0 Å². The molecular formula is C14H22N2O2S. The highest BCUT2D eigenvalue weighted by molar-refractivity contribution is 7.10. The van der Waals surface area contributed by atoms with Gasteiger partial charge in [-0.05, 0) is 18.9 Å². The summed E-state index contributed by atoms with van der Waals surface area (Å²) in [5, 5.41) is 4.99. The maximum absolute atomic E-state index is 12.1. The molecule has 0 bridgehead atoms. The van der Waals surface area contributed by atoms with Gasteiger partial charge in [0.1, 0.15) is 0 Å². The number of hydrogen-bond acceptors (Lipinski definition) is 4. The zero-order valence-corrected chi connectivity index (χ0v) is 12.5. The molecular weight excluding hydrogens is 260 g/mol. The van der Waals surface area contributed by atoms with Crippen LogP contribution in [0, 0.1) is 6.92 Å². The molecule has 4 nitrogen and oxygen atoms in total. The molecule has 0 atom stereocenters. The van der Waals surface area contributed by atoms with Crippen molar-refractivity contribution >= 4 is 17.2 Å². The van der Waals surface area contributed by atoms with Crippen LogP contribution in [0.15, 0.2) is 5.38 Å². The summed E-state index contributed by atoms with van der Waals surface area (Å²) in [6, 6.07) is 0. The summed E-state index contributed by atoms with van der Waals surface area (Å²) in [5.41, 5.74) is 2.04. The third-order valence-corrected chi connectivity index (χ3v) is 4.47. The predicted molar refractivity (Wildman–Crippen MR) is 78.0 cm³/mol. The third-order valence-electron chi connectivity index (χ3n) is 3.52. The van der Waals surface area contributed by atoms with Gasteiger partial charge in [-0.3, -0.25) is 9.69 Å². The normalized spacial score (nSPS) is 16.5. The molecule has 0 radical (unpaired) electrons. The van der Waals surface area contributed by atoms with Crippen LogP contribution in [-0.2, 0) is 11.2 Å². The predicted octanol–water partition coefficient (Wildman–Crippen LogP) is 1.68. The van der Waals surface area contributed by atoms with E-state index in [1.165, 1.54) is 10.4 Å². The van der Waals surface area contributed by atoms with Crippen molar-refractivity contribution in [2.75, 3.05) is 39.4 Å². The Morgan fingerprint density at radius 1 is 1.47 bits per heavy atom. The van der Waals surface area contributed by atoms with Gasteiger partial charge in [0.05, 0.1) is 18.8 Å². The molecule has 106 valence electrons. The smallest absolute Gasteiger partial charge is 0.252 e. The zero-order valence-electron chi connectivity index (χ0n) is 11.7. The van der Waals surface area contributed by atoms with Crippen LogP contribution in [0.2, 0.25) is 0 Å². The summed E-state index contributed by atoms with van der Waals surface area (Å²) >= 11 is 1.66. The molecule has 1 aromatic rings. The summed E-state index contributed by atoms with van der Waals surface area (Å²) in [6.45, 7) is 9.32. The van der Waals surface area contributed by atoms with E-state index in [4.69, 9.17) is 4.74 Å². The second-order valence-corrected chi connectivity index (χ2v) is 5.83. The molecule has 2 rings (SSSR count). The van der Waals surface area contributed by atoms with Gasteiger partial charge in [-0.2, -0.15) is 0 Å². The number of amides is 1. The Bertz CT molecular complexity index is 425. The Labute approximate surface area is 118 Å². The van der Waals surface area contributed by atoms with Crippen molar-refractivity contribution in [1.82, 2.24) is 10.2 Å². The van der Waals surface area contributed by atoms with Crippen LogP contribution in [-0.4, -0.2) is 50.2 Å². The highest BCUT2D eigenvalue weighted by Gasteiger charge is 2.15. The number of nitrogens with one attached hydrogen (secondary N) is 1. The average Bonchev–Trinajstić information content (AvgIpc) is 2.81. The summed E-state index contributed by atoms with van der Waals surface area (Å²) < 4.78 is 5.30. The number of morpholine rings is 1. The molecule has 0 aliphatic carbocycles. The van der Waals surface area contributed by atoms with E-state index in [-0.39, 0.29) is 5.91 Å². The molecule has 1 amide bonds. The molecule has 0 saturated carbocycles. The van der Waals surface area contributed by atoms with E-state index in [9.17, 15) is 4.79 Å². The van der Waals surface area contributed by atoms with Gasteiger partial charge >= 0.3 is 0 Å². The number of nitrogens with zero attached hydrogens (tertiary/aromatic N) is 1. The molecule has 5 heteroatoms. The number of ether oxygens (including phenoxy) is 1. The monoisotopic (exact) mass is 282 g/mol. The Kier molecular flexibility index (Phi) is 5.36. The largest absolute Gasteiger partial charge is 0.379 e. The second kappa shape index (κ2) is 7.03. The Hall–Kier alpha value is -0.910. The maximum Gasteiger partial charge on any atom is 0.252 e. The van der Waals surface area contributed by atoms with Gasteiger partial charge in [-0.1, -0.05) is 6.92 Å². The number of aryl methyl sites for hydroxylation is 1. The lowest BCUT2D eigenvalue weighted by molar-refractivity contribution is 0.0383. The highest BCUT2D eigenvalue weighted by atomic mass is 32.1. The van der Waals surface area contributed by atoms with Gasteiger partial charge in [0, 0.05) is 36.4 Å². The van der Waals surface area contributed by atoms with Crippen LogP contribution in [0.3, 0.4) is 0 Å². The van der Waals surface area contributed by atoms with Gasteiger partial charge in [-0.15, -0.1) is 11.3 Å². The number of hydrogen-bond donors (Lipinski definition) is 1. The van der Waals surface area contributed by atoms with Crippen LogP contribution in [0.5, 0.6) is 0 Å². The quantitative estimate of drug-likeness (QED) is 0.893. The third kappa shape index (κ3) is 3.78. The fourth-order valence-electron chi connectivity index (χ4n) is 2.36. The molecule has 2 heterocycles. The Morgan fingerprint density at radius 3 is 2.89 bits per heavy atom. The highest BCUT2D eigenvalue weighted by Crippen LogP contribution is 2.22. The Morgan fingerprint density at radius 2 is 2.21 bits per heavy atom. The van der Waals surface area contributed by atoms with Crippen molar-refractivity contribution in [1.29, 1.82) is 0 Å². The lowest BCUT2D eigenvalue weighted by Crippen LogP contribution is -2.41. The first-order valence-electron chi connectivity index (χ1n) is 6.87. The van der Waals surface area contributed by atoms with Crippen molar-refractivity contribution in [3.05, 3.63) is 21.4 Å². The van der Waals surface area contributed by atoms with Crippen LogP contribution < -0.4 is 5.32 Å². The van der Waals surface area contributed by atoms with Gasteiger partial charge in [0.15, 0.2) is 0 Å². The van der Waals surface area contributed by atoms with Crippen molar-refractivity contribution in [3.8, 4) is 0 Å². The molecule has 1 aliphatic heterocycles. The zero-order chi connectivity index (χ0) is 13.7. The lowest BCUT2D eigenvalue weighted by atomic mass is 10.1. The van der Waals surface area contributed by atoms with Gasteiger partial charge in [0.2, 0.25) is 0 Å². The molecule has 1 aromatic heterocycles. The average molecular weight is 282 g/mol. The minimum Gasteiger partial charge on any atom is -0.379 e. The molecule has 0 spiro atoms. The summed E-state index contributed by atoms with van der Waals surface area (Å²) in [4.78, 5) is 15.7. The van der Waals surface area contributed by atoms with E-state index in [0.29, 0.717) is 6.54 Å². The number of carbonyl (C=O) groups is 1. The van der Waals surface area contributed by atoms with Crippen molar-refractivity contribution in [2.45, 2.75) is 20.3 Å². The summed E-state index contributed by atoms with van der Waals surface area (Å²) in [7, 11) is 0. The van der Waals surface area contributed by atoms with Gasteiger partial charge in [-0.25, -0.2) is 0 Å². The lowest BCUT2D eigenvalue weighted by Gasteiger charge is -2.26. The second-order valence-electron chi connectivity index (χ2n) is 4.75. The number of thiophene rings is 1. The van der Waals surface area contributed by atoms with Crippen LogP contribution >= 0.6 is 11.3 Å². The van der Waals surface area contributed by atoms with E-state index in [1.54, 1.807) is 11.3 Å². The molecule has 1 aliphatic rings. The fraction of sp³-hybridized carbons (Fsp3) is 0.643. The SMILES string of the molecule is CCc1c(C(=O)NCCN2CCOCC2)csc1C. The standard InChI is InChI=1S/C14H22N2O2S/c1-3-12-11(2)19-10-13(12)14(17)15-4-5-16-6-8-18-9-7-16/h10H,3-9H2,1-2H3,(H,15,17). The van der Waals surface area contributed by atoms with E-state index in [1.807, 2.05) is 5.38 Å². The van der Waals surface area contributed by atoms with Gasteiger partial charge < -0.3 is 10.1 Å².